The molecular formula is C29H31ClF3N3O7S. The number of hydrogen-bond acceptors (Lipinski definition) is 9. The fourth-order valence-corrected chi connectivity index (χ4v) is 7.53. The van der Waals surface area contributed by atoms with E-state index in [0.29, 0.717) is 16.7 Å². The Bertz CT molecular complexity index is 1490. The van der Waals surface area contributed by atoms with Crippen LogP contribution in [-0.4, -0.2) is 62.1 Å². The number of amides is 1. The standard InChI is InChI=1S/C29H31ClF3N3O7S/c1-2-41-27(38)43-36-13-11-28(18-34,12-14-36)35-26(37)22-15-21(16-24(22)42-17-19-7-9-20(30)10-8-19)44(39,40)25-6-4-3-5-23(25)29(31,32)33/h3-10,21-22,24H,2,11-17H2,1H3,(H,35,37)/t21-,22-,24-/m1/s1. The smallest absolute Gasteiger partial charge is 0.433 e. The molecule has 3 atom stereocenters. The van der Waals surface area contributed by atoms with Gasteiger partial charge in [0.1, 0.15) is 5.54 Å². The van der Waals surface area contributed by atoms with E-state index < -0.39 is 61.3 Å². The number of alkyl halides is 3. The van der Waals surface area contributed by atoms with Gasteiger partial charge in [-0.3, -0.25) is 4.79 Å². The first-order chi connectivity index (χ1) is 20.8. The molecule has 0 radical (unpaired) electrons. The number of carbonyl (C=O) groups excluding carboxylic acids is 2. The number of ether oxygens (including phenoxy) is 2. The van der Waals surface area contributed by atoms with Gasteiger partial charge in [0.05, 0.1) is 47.0 Å². The first kappa shape index (κ1) is 33.5. The fourth-order valence-electron chi connectivity index (χ4n) is 5.38. The number of benzene rings is 2. The number of sulfone groups is 1. The van der Waals surface area contributed by atoms with Crippen LogP contribution in [0.25, 0.3) is 0 Å². The molecule has 1 heterocycles. The van der Waals surface area contributed by atoms with E-state index in [0.717, 1.165) is 12.1 Å². The molecular weight excluding hydrogens is 627 g/mol. The molecule has 238 valence electrons. The minimum absolute atomic E-state index is 0.0128. The molecule has 1 amide bonds. The molecule has 1 aliphatic carbocycles. The molecule has 0 unspecified atom stereocenters. The summed E-state index contributed by atoms with van der Waals surface area (Å²) in [6.07, 6.45) is -7.17. The molecule has 4 rings (SSSR count). The average molecular weight is 658 g/mol. The predicted octanol–water partition coefficient (Wildman–Crippen LogP) is 5.06. The fraction of sp³-hybridized carbons (Fsp3) is 0.483. The third kappa shape index (κ3) is 7.82. The topological polar surface area (TPSA) is 135 Å². The van der Waals surface area contributed by atoms with Crippen LogP contribution in [-0.2, 0) is 41.7 Å². The van der Waals surface area contributed by atoms with Crippen molar-refractivity contribution < 1.29 is 45.5 Å². The number of nitriles is 1. The van der Waals surface area contributed by atoms with Crippen molar-refractivity contribution in [2.24, 2.45) is 5.92 Å². The number of halogens is 4. The van der Waals surface area contributed by atoms with Gasteiger partial charge in [-0.25, -0.2) is 13.2 Å². The van der Waals surface area contributed by atoms with Gasteiger partial charge in [-0.1, -0.05) is 35.9 Å². The Morgan fingerprint density at radius 2 is 1.77 bits per heavy atom. The lowest BCUT2D eigenvalue weighted by atomic mass is 9.88. The van der Waals surface area contributed by atoms with E-state index in [-0.39, 0.29) is 52.0 Å². The van der Waals surface area contributed by atoms with Gasteiger partial charge < -0.3 is 19.6 Å². The third-order valence-electron chi connectivity index (χ3n) is 7.73. The van der Waals surface area contributed by atoms with E-state index in [1.54, 1.807) is 31.2 Å². The lowest BCUT2D eigenvalue weighted by Crippen LogP contribution is -2.56. The quantitative estimate of drug-likeness (QED) is 0.367. The second-order valence-corrected chi connectivity index (χ2v) is 13.2. The minimum atomic E-state index is -4.91. The van der Waals surface area contributed by atoms with Gasteiger partial charge in [-0.05, 0) is 62.4 Å². The normalized spacial score (nSPS) is 22.1. The number of nitrogens with zero attached hydrogens (tertiary/aromatic N) is 2. The lowest BCUT2D eigenvalue weighted by Gasteiger charge is -2.37. The summed E-state index contributed by atoms with van der Waals surface area (Å²) in [7, 11) is -4.55. The molecule has 2 aromatic rings. The van der Waals surface area contributed by atoms with Crippen LogP contribution >= 0.6 is 11.6 Å². The molecule has 15 heteroatoms. The molecule has 1 N–H and O–H groups in total. The zero-order valence-electron chi connectivity index (χ0n) is 23.7. The van der Waals surface area contributed by atoms with Gasteiger partial charge in [0.15, 0.2) is 9.84 Å². The Morgan fingerprint density at radius 1 is 1.11 bits per heavy atom. The summed E-state index contributed by atoms with van der Waals surface area (Å²) in [5.41, 5.74) is -1.96. The van der Waals surface area contributed by atoms with Crippen molar-refractivity contribution in [1.29, 1.82) is 5.26 Å². The Balaban J connectivity index is 1.54. The molecule has 2 aromatic carbocycles. The van der Waals surface area contributed by atoms with Crippen LogP contribution < -0.4 is 5.32 Å². The van der Waals surface area contributed by atoms with E-state index in [9.17, 15) is 36.4 Å². The lowest BCUT2D eigenvalue weighted by molar-refractivity contribution is -0.147. The SMILES string of the molecule is CCOC(=O)ON1CCC(C#N)(NC(=O)[C@@H]2C[C@@H](S(=O)(=O)c3ccccc3C(F)(F)F)C[C@H]2OCc2ccc(Cl)cc2)CC1. The van der Waals surface area contributed by atoms with Crippen LogP contribution in [0, 0.1) is 17.2 Å². The summed E-state index contributed by atoms with van der Waals surface area (Å²) in [5, 5.41) is 13.2. The van der Waals surface area contributed by atoms with Crippen LogP contribution in [0.5, 0.6) is 0 Å². The largest absolute Gasteiger partial charge is 0.527 e. The summed E-state index contributed by atoms with van der Waals surface area (Å²) in [6, 6.07) is 12.7. The summed E-state index contributed by atoms with van der Waals surface area (Å²) < 4.78 is 79.1. The van der Waals surface area contributed by atoms with E-state index >= 15 is 0 Å². The molecule has 1 aliphatic heterocycles. The van der Waals surface area contributed by atoms with Crippen molar-refractivity contribution >= 4 is 33.5 Å². The Labute approximate surface area is 257 Å². The number of hydrogen-bond donors (Lipinski definition) is 1. The highest BCUT2D eigenvalue weighted by molar-refractivity contribution is 7.92. The summed E-state index contributed by atoms with van der Waals surface area (Å²) in [5.74, 6) is -1.74. The van der Waals surface area contributed by atoms with Crippen molar-refractivity contribution in [3.05, 3.63) is 64.7 Å². The van der Waals surface area contributed by atoms with Gasteiger partial charge in [-0.15, -0.1) is 5.06 Å². The third-order valence-corrected chi connectivity index (χ3v) is 10.2. The molecule has 10 nitrogen and oxygen atoms in total. The summed E-state index contributed by atoms with van der Waals surface area (Å²) >= 11 is 5.94. The number of hydroxylamine groups is 2. The predicted molar refractivity (Wildman–Crippen MR) is 151 cm³/mol. The maximum atomic E-state index is 13.7. The monoisotopic (exact) mass is 657 g/mol. The van der Waals surface area contributed by atoms with E-state index in [1.165, 1.54) is 11.1 Å². The van der Waals surface area contributed by atoms with Crippen molar-refractivity contribution in [3.63, 3.8) is 0 Å². The molecule has 1 saturated heterocycles. The van der Waals surface area contributed by atoms with Gasteiger partial charge in [0.2, 0.25) is 5.91 Å². The highest BCUT2D eigenvalue weighted by Crippen LogP contribution is 2.41. The van der Waals surface area contributed by atoms with Crippen LogP contribution in [0.3, 0.4) is 0 Å². The van der Waals surface area contributed by atoms with Gasteiger partial charge >= 0.3 is 12.3 Å². The van der Waals surface area contributed by atoms with Crippen LogP contribution in [0.15, 0.2) is 53.4 Å². The first-order valence-corrected chi connectivity index (χ1v) is 15.8. The van der Waals surface area contributed by atoms with Gasteiger partial charge in [0, 0.05) is 18.1 Å². The first-order valence-electron chi connectivity index (χ1n) is 13.9. The van der Waals surface area contributed by atoms with Crippen molar-refractivity contribution in [2.45, 2.75) is 67.2 Å². The van der Waals surface area contributed by atoms with Crippen molar-refractivity contribution in [2.75, 3.05) is 19.7 Å². The van der Waals surface area contributed by atoms with Gasteiger partial charge in [0.25, 0.3) is 0 Å². The van der Waals surface area contributed by atoms with Crippen molar-refractivity contribution in [1.82, 2.24) is 10.4 Å². The van der Waals surface area contributed by atoms with E-state index in [1.807, 2.05) is 0 Å². The van der Waals surface area contributed by atoms with Crippen LogP contribution in [0.1, 0.15) is 43.7 Å². The average Bonchev–Trinajstić information content (AvgIpc) is 3.43. The number of carbonyl (C=O) groups is 2. The zero-order chi connectivity index (χ0) is 32.1. The highest BCUT2D eigenvalue weighted by atomic mass is 35.5. The number of piperidine rings is 1. The van der Waals surface area contributed by atoms with Crippen LogP contribution in [0.2, 0.25) is 5.02 Å². The molecule has 2 aliphatic rings. The zero-order valence-corrected chi connectivity index (χ0v) is 25.3. The Kier molecular flexibility index (Phi) is 10.5. The molecule has 0 bridgehead atoms. The molecule has 2 fully saturated rings. The minimum Gasteiger partial charge on any atom is -0.433 e. The van der Waals surface area contributed by atoms with E-state index in [4.69, 9.17) is 25.9 Å². The number of rotatable bonds is 9. The maximum Gasteiger partial charge on any atom is 0.527 e. The molecule has 0 aromatic heterocycles. The summed E-state index contributed by atoms with van der Waals surface area (Å²) in [4.78, 5) is 29.5. The second kappa shape index (κ2) is 13.7. The highest BCUT2D eigenvalue weighted by Gasteiger charge is 2.49. The number of nitrogens with one attached hydrogen (secondary N) is 1. The second-order valence-electron chi connectivity index (χ2n) is 10.6. The Hall–Kier alpha value is -3.38. The van der Waals surface area contributed by atoms with Crippen LogP contribution in [0.4, 0.5) is 18.0 Å². The molecule has 44 heavy (non-hydrogen) atoms. The Morgan fingerprint density at radius 3 is 2.39 bits per heavy atom. The summed E-state index contributed by atoms with van der Waals surface area (Å²) in [6.45, 7) is 1.94. The van der Waals surface area contributed by atoms with Crippen molar-refractivity contribution in [3.8, 4) is 6.07 Å². The van der Waals surface area contributed by atoms with Gasteiger partial charge in [-0.2, -0.15) is 18.4 Å². The molecule has 1 saturated carbocycles. The maximum absolute atomic E-state index is 13.7. The van der Waals surface area contributed by atoms with E-state index in [2.05, 4.69) is 11.4 Å². The molecule has 0 spiro atoms.